The molecule has 5 nitrogen and oxygen atoms in total. The van der Waals surface area contributed by atoms with Gasteiger partial charge in [0, 0.05) is 5.56 Å². The number of hydrogen-bond acceptors (Lipinski definition) is 4. The van der Waals surface area contributed by atoms with Crippen molar-refractivity contribution in [3.8, 4) is 11.1 Å². The number of methoxy groups -OCH3 is 1. The van der Waals surface area contributed by atoms with Gasteiger partial charge < -0.3 is 4.74 Å². The Bertz CT molecular complexity index is 1020. The molecule has 0 bridgehead atoms. The first kappa shape index (κ1) is 18.8. The molecule has 0 saturated heterocycles. The first-order valence-corrected chi connectivity index (χ1v) is 9.81. The van der Waals surface area contributed by atoms with Gasteiger partial charge in [-0.05, 0) is 17.2 Å². The Labute approximate surface area is 158 Å². The molecule has 0 aliphatic rings. The van der Waals surface area contributed by atoms with Crippen molar-refractivity contribution in [1.82, 2.24) is 4.72 Å². The van der Waals surface area contributed by atoms with Crippen LogP contribution < -0.4 is 4.72 Å². The molecule has 0 aromatic heterocycles. The van der Waals surface area contributed by atoms with Crippen molar-refractivity contribution in [2.45, 2.75) is 10.9 Å². The van der Waals surface area contributed by atoms with Gasteiger partial charge >= 0.3 is 5.97 Å². The maximum atomic E-state index is 13.1. The summed E-state index contributed by atoms with van der Waals surface area (Å²) in [5, 5.41) is 0. The quantitative estimate of drug-likeness (QED) is 0.663. The molecular formula is C21H19NO4S. The molecule has 0 heterocycles. The third kappa shape index (κ3) is 4.24. The number of carbonyl (C=O) groups excluding carboxylic acids is 1. The number of benzene rings is 3. The Morgan fingerprint density at radius 1 is 0.852 bits per heavy atom. The zero-order chi connectivity index (χ0) is 19.3. The van der Waals surface area contributed by atoms with Gasteiger partial charge in [0.2, 0.25) is 10.0 Å². The van der Waals surface area contributed by atoms with Gasteiger partial charge in [-0.1, -0.05) is 78.9 Å². The van der Waals surface area contributed by atoms with Crippen LogP contribution in [0.3, 0.4) is 0 Å². The second-order valence-electron chi connectivity index (χ2n) is 5.85. The number of hydrogen-bond donors (Lipinski definition) is 1. The van der Waals surface area contributed by atoms with E-state index < -0.39 is 22.0 Å². The van der Waals surface area contributed by atoms with Gasteiger partial charge in [-0.2, -0.15) is 4.72 Å². The predicted octanol–water partition coefficient (Wildman–Crippen LogP) is 3.55. The van der Waals surface area contributed by atoms with E-state index in [2.05, 4.69) is 4.72 Å². The maximum Gasteiger partial charge on any atom is 0.328 e. The topological polar surface area (TPSA) is 72.5 Å². The van der Waals surface area contributed by atoms with Crippen LogP contribution in [0.5, 0.6) is 0 Å². The summed E-state index contributed by atoms with van der Waals surface area (Å²) in [5.74, 6) is -0.679. The molecule has 3 aromatic rings. The van der Waals surface area contributed by atoms with Crippen LogP contribution in [0.25, 0.3) is 11.1 Å². The Morgan fingerprint density at radius 3 is 2.04 bits per heavy atom. The van der Waals surface area contributed by atoms with E-state index in [4.69, 9.17) is 4.74 Å². The van der Waals surface area contributed by atoms with E-state index >= 15 is 0 Å². The van der Waals surface area contributed by atoms with Crippen molar-refractivity contribution in [3.63, 3.8) is 0 Å². The molecule has 6 heteroatoms. The number of nitrogens with one attached hydrogen (secondary N) is 1. The smallest absolute Gasteiger partial charge is 0.328 e. The highest BCUT2D eigenvalue weighted by atomic mass is 32.2. The van der Waals surface area contributed by atoms with E-state index in [1.165, 1.54) is 13.2 Å². The third-order valence-electron chi connectivity index (χ3n) is 4.10. The number of rotatable bonds is 6. The van der Waals surface area contributed by atoms with Gasteiger partial charge in [0.15, 0.2) is 0 Å². The average molecular weight is 381 g/mol. The highest BCUT2D eigenvalue weighted by Crippen LogP contribution is 2.28. The van der Waals surface area contributed by atoms with Gasteiger partial charge in [-0.3, -0.25) is 0 Å². The largest absolute Gasteiger partial charge is 0.468 e. The Hall–Kier alpha value is -2.96. The highest BCUT2D eigenvalue weighted by Gasteiger charge is 2.29. The SMILES string of the molecule is COC(=O)C(NS(=O)(=O)c1ccccc1-c1ccccc1)c1ccccc1. The van der Waals surface area contributed by atoms with Crippen LogP contribution in [-0.2, 0) is 19.6 Å². The molecule has 3 aromatic carbocycles. The summed E-state index contributed by atoms with van der Waals surface area (Å²) in [4.78, 5) is 12.3. The van der Waals surface area contributed by atoms with Crippen LogP contribution in [0.4, 0.5) is 0 Å². The number of carbonyl (C=O) groups is 1. The Kier molecular flexibility index (Phi) is 5.69. The van der Waals surface area contributed by atoms with Gasteiger partial charge in [-0.15, -0.1) is 0 Å². The highest BCUT2D eigenvalue weighted by molar-refractivity contribution is 7.89. The fourth-order valence-electron chi connectivity index (χ4n) is 2.79. The lowest BCUT2D eigenvalue weighted by Gasteiger charge is -2.18. The monoisotopic (exact) mass is 381 g/mol. The van der Waals surface area contributed by atoms with Crippen LogP contribution in [0.1, 0.15) is 11.6 Å². The molecule has 1 N–H and O–H groups in total. The van der Waals surface area contributed by atoms with Crippen molar-refractivity contribution >= 4 is 16.0 Å². The minimum atomic E-state index is -3.99. The molecule has 0 radical (unpaired) electrons. The predicted molar refractivity (Wildman–Crippen MR) is 103 cm³/mol. The number of esters is 1. The van der Waals surface area contributed by atoms with Crippen LogP contribution in [0, 0.1) is 0 Å². The van der Waals surface area contributed by atoms with Gasteiger partial charge in [0.05, 0.1) is 12.0 Å². The second-order valence-corrected chi connectivity index (χ2v) is 7.53. The first-order valence-electron chi connectivity index (χ1n) is 8.32. The lowest BCUT2D eigenvalue weighted by atomic mass is 10.1. The van der Waals surface area contributed by atoms with E-state index in [-0.39, 0.29) is 4.90 Å². The molecular weight excluding hydrogens is 362 g/mol. The summed E-state index contributed by atoms with van der Waals surface area (Å²) in [5.41, 5.74) is 1.83. The van der Waals surface area contributed by atoms with Crippen molar-refractivity contribution in [3.05, 3.63) is 90.5 Å². The summed E-state index contributed by atoms with van der Waals surface area (Å²) >= 11 is 0. The maximum absolute atomic E-state index is 13.1. The van der Waals surface area contributed by atoms with Crippen LogP contribution in [0.2, 0.25) is 0 Å². The third-order valence-corrected chi connectivity index (χ3v) is 5.59. The second kappa shape index (κ2) is 8.16. The van der Waals surface area contributed by atoms with Crippen molar-refractivity contribution in [2.24, 2.45) is 0 Å². The van der Waals surface area contributed by atoms with Gasteiger partial charge in [-0.25, -0.2) is 13.2 Å². The molecule has 0 spiro atoms. The fraction of sp³-hybridized carbons (Fsp3) is 0.0952. The molecule has 1 unspecified atom stereocenters. The van der Waals surface area contributed by atoms with Gasteiger partial charge in [0.25, 0.3) is 0 Å². The van der Waals surface area contributed by atoms with Crippen LogP contribution in [0.15, 0.2) is 89.8 Å². The summed E-state index contributed by atoms with van der Waals surface area (Å²) < 4.78 is 33.5. The summed E-state index contributed by atoms with van der Waals surface area (Å²) in [6.07, 6.45) is 0. The fourth-order valence-corrected chi connectivity index (χ4v) is 4.19. The van der Waals surface area contributed by atoms with Crippen molar-refractivity contribution < 1.29 is 17.9 Å². The zero-order valence-electron chi connectivity index (χ0n) is 14.7. The van der Waals surface area contributed by atoms with E-state index in [1.54, 1.807) is 48.5 Å². The minimum absolute atomic E-state index is 0.0982. The molecule has 27 heavy (non-hydrogen) atoms. The summed E-state index contributed by atoms with van der Waals surface area (Å²) in [6, 6.07) is 23.4. The van der Waals surface area contributed by atoms with E-state index in [1.807, 2.05) is 30.3 Å². The lowest BCUT2D eigenvalue weighted by molar-refractivity contribution is -0.142. The molecule has 0 aliphatic heterocycles. The standard InChI is InChI=1S/C21H19NO4S/c1-26-21(23)20(17-12-6-3-7-13-17)22-27(24,25)19-15-9-8-14-18(19)16-10-4-2-5-11-16/h2-15,20,22H,1H3. The van der Waals surface area contributed by atoms with E-state index in [0.717, 1.165) is 5.56 Å². The van der Waals surface area contributed by atoms with Crippen molar-refractivity contribution in [2.75, 3.05) is 7.11 Å². The molecule has 3 rings (SSSR count). The molecule has 138 valence electrons. The molecule has 0 aliphatic carbocycles. The minimum Gasteiger partial charge on any atom is -0.468 e. The normalized spacial score (nSPS) is 12.3. The molecule has 0 saturated carbocycles. The molecule has 0 fully saturated rings. The van der Waals surface area contributed by atoms with E-state index in [0.29, 0.717) is 11.1 Å². The van der Waals surface area contributed by atoms with Gasteiger partial charge in [0.1, 0.15) is 6.04 Å². The molecule has 1 atom stereocenters. The summed E-state index contributed by atoms with van der Waals surface area (Å²) in [6.45, 7) is 0. The first-order chi connectivity index (χ1) is 13.0. The average Bonchev–Trinajstić information content (AvgIpc) is 2.73. The van der Waals surface area contributed by atoms with Crippen molar-refractivity contribution in [1.29, 1.82) is 0 Å². The van der Waals surface area contributed by atoms with E-state index in [9.17, 15) is 13.2 Å². The lowest BCUT2D eigenvalue weighted by Crippen LogP contribution is -2.34. The Balaban J connectivity index is 2.03. The number of sulfonamides is 1. The van der Waals surface area contributed by atoms with Crippen LogP contribution in [-0.4, -0.2) is 21.5 Å². The molecule has 0 amide bonds. The summed E-state index contributed by atoms with van der Waals surface area (Å²) in [7, 11) is -2.77. The Morgan fingerprint density at radius 2 is 1.41 bits per heavy atom. The zero-order valence-corrected chi connectivity index (χ0v) is 15.5. The van der Waals surface area contributed by atoms with Crippen LogP contribution >= 0.6 is 0 Å². The number of ether oxygens (including phenoxy) is 1.